The van der Waals surface area contributed by atoms with Crippen LogP contribution in [0.2, 0.25) is 0 Å². The molecule has 2 rings (SSSR count). The zero-order valence-electron chi connectivity index (χ0n) is 9.82. The number of rotatable bonds is 3. The molecule has 0 aromatic heterocycles. The fraction of sp³-hybridized carbons (Fsp3) is 0.214. The van der Waals surface area contributed by atoms with E-state index in [-0.39, 0.29) is 0 Å². The summed E-state index contributed by atoms with van der Waals surface area (Å²) in [5.41, 5.74) is 0. The number of halogens is 3. The van der Waals surface area contributed by atoms with Gasteiger partial charge in [0.25, 0.3) is 0 Å². The summed E-state index contributed by atoms with van der Waals surface area (Å²) in [6, 6.07) is 13.6. The van der Waals surface area contributed by atoms with Crippen LogP contribution in [-0.2, 0) is 0 Å². The van der Waals surface area contributed by atoms with E-state index in [9.17, 15) is 13.2 Å². The van der Waals surface area contributed by atoms with Crippen molar-refractivity contribution in [1.29, 1.82) is 5.26 Å². The lowest BCUT2D eigenvalue weighted by Crippen LogP contribution is -2.27. The summed E-state index contributed by atoms with van der Waals surface area (Å²) >= 11 is 0. The second-order valence-electron chi connectivity index (χ2n) is 4.04. The molecule has 0 fully saturated rings. The van der Waals surface area contributed by atoms with Crippen LogP contribution in [0.25, 0.3) is 10.8 Å². The normalized spacial score (nSPS) is 12.9. The van der Waals surface area contributed by atoms with E-state index in [1.807, 2.05) is 24.3 Å². The second-order valence-corrected chi connectivity index (χ2v) is 4.04. The molecule has 2 aromatic carbocycles. The molecule has 1 atom stereocenters. The van der Waals surface area contributed by atoms with Crippen LogP contribution in [0.1, 0.15) is 0 Å². The Bertz CT molecular complexity index is 616. The standard InChI is InChI=1S/C14H10F3NO/c15-14(16,17)12(8-18)9-19-13-6-5-10-3-1-2-4-11(10)7-13/h1-7,12H,9H2. The van der Waals surface area contributed by atoms with Gasteiger partial charge < -0.3 is 4.74 Å². The van der Waals surface area contributed by atoms with Gasteiger partial charge in [-0.3, -0.25) is 0 Å². The molecule has 0 spiro atoms. The third-order valence-corrected chi connectivity index (χ3v) is 2.69. The molecule has 98 valence electrons. The predicted molar refractivity (Wildman–Crippen MR) is 64.6 cm³/mol. The Balaban J connectivity index is 2.12. The van der Waals surface area contributed by atoms with Crippen molar-refractivity contribution in [2.24, 2.45) is 5.92 Å². The Labute approximate surface area is 108 Å². The van der Waals surface area contributed by atoms with Crippen molar-refractivity contribution in [3.05, 3.63) is 42.5 Å². The molecule has 0 saturated carbocycles. The van der Waals surface area contributed by atoms with Gasteiger partial charge in [0.15, 0.2) is 5.92 Å². The largest absolute Gasteiger partial charge is 0.492 e. The molecule has 1 unspecified atom stereocenters. The van der Waals surface area contributed by atoms with E-state index >= 15 is 0 Å². The molecule has 0 aliphatic rings. The molecule has 0 radical (unpaired) electrons. The fourth-order valence-corrected chi connectivity index (χ4v) is 1.64. The highest BCUT2D eigenvalue weighted by Crippen LogP contribution is 2.27. The number of nitriles is 1. The first kappa shape index (κ1) is 13.2. The van der Waals surface area contributed by atoms with Gasteiger partial charge in [-0.2, -0.15) is 18.4 Å². The van der Waals surface area contributed by atoms with Gasteiger partial charge in [0, 0.05) is 0 Å². The van der Waals surface area contributed by atoms with Crippen molar-refractivity contribution in [3.63, 3.8) is 0 Å². The van der Waals surface area contributed by atoms with Gasteiger partial charge in [0.1, 0.15) is 12.4 Å². The quantitative estimate of drug-likeness (QED) is 0.842. The minimum atomic E-state index is -4.56. The van der Waals surface area contributed by atoms with E-state index in [4.69, 9.17) is 10.00 Å². The lowest BCUT2D eigenvalue weighted by molar-refractivity contribution is -0.165. The number of fused-ring (bicyclic) bond motifs is 1. The average Bonchev–Trinajstić information content (AvgIpc) is 2.37. The third kappa shape index (κ3) is 3.16. The molecule has 2 aromatic rings. The van der Waals surface area contributed by atoms with Gasteiger partial charge in [0.05, 0.1) is 6.07 Å². The number of alkyl halides is 3. The maximum atomic E-state index is 12.4. The first-order chi connectivity index (χ1) is 9.00. The smallest absolute Gasteiger partial charge is 0.407 e. The first-order valence-electron chi connectivity index (χ1n) is 5.58. The summed E-state index contributed by atoms with van der Waals surface area (Å²) < 4.78 is 42.2. The van der Waals surface area contributed by atoms with Crippen LogP contribution in [0.4, 0.5) is 13.2 Å². The minimum Gasteiger partial charge on any atom is -0.492 e. The Morgan fingerprint density at radius 1 is 1.11 bits per heavy atom. The monoisotopic (exact) mass is 265 g/mol. The highest BCUT2D eigenvalue weighted by Gasteiger charge is 2.40. The summed E-state index contributed by atoms with van der Waals surface area (Å²) in [5.74, 6) is -1.79. The van der Waals surface area contributed by atoms with Crippen molar-refractivity contribution in [2.75, 3.05) is 6.61 Å². The van der Waals surface area contributed by atoms with Crippen molar-refractivity contribution >= 4 is 10.8 Å². The number of nitrogens with zero attached hydrogens (tertiary/aromatic N) is 1. The zero-order valence-corrected chi connectivity index (χ0v) is 9.82. The molecule has 19 heavy (non-hydrogen) atoms. The zero-order chi connectivity index (χ0) is 13.9. The van der Waals surface area contributed by atoms with Gasteiger partial charge in [0.2, 0.25) is 0 Å². The summed E-state index contributed by atoms with van der Waals surface area (Å²) in [7, 11) is 0. The van der Waals surface area contributed by atoms with Crippen molar-refractivity contribution in [3.8, 4) is 11.8 Å². The molecule has 2 nitrogen and oxygen atoms in total. The molecule has 0 amide bonds. The van der Waals surface area contributed by atoms with Gasteiger partial charge in [-0.25, -0.2) is 0 Å². The van der Waals surface area contributed by atoms with Gasteiger partial charge >= 0.3 is 6.18 Å². The molecule has 0 saturated heterocycles. The summed E-state index contributed by atoms with van der Waals surface area (Å²) in [6.45, 7) is -0.696. The van der Waals surface area contributed by atoms with Crippen molar-refractivity contribution in [2.45, 2.75) is 6.18 Å². The van der Waals surface area contributed by atoms with E-state index in [2.05, 4.69) is 0 Å². The molecule has 0 aliphatic heterocycles. The molecule has 5 heteroatoms. The van der Waals surface area contributed by atoms with Gasteiger partial charge in [-0.1, -0.05) is 30.3 Å². The van der Waals surface area contributed by atoms with Crippen LogP contribution in [0.5, 0.6) is 5.75 Å². The van der Waals surface area contributed by atoms with Crippen LogP contribution in [0, 0.1) is 17.2 Å². The number of benzene rings is 2. The summed E-state index contributed by atoms with van der Waals surface area (Å²) in [5, 5.41) is 10.3. The van der Waals surface area contributed by atoms with E-state index in [1.54, 1.807) is 18.2 Å². The highest BCUT2D eigenvalue weighted by atomic mass is 19.4. The second kappa shape index (κ2) is 5.19. The lowest BCUT2D eigenvalue weighted by atomic mass is 10.1. The molecular formula is C14H10F3NO. The first-order valence-corrected chi connectivity index (χ1v) is 5.58. The SMILES string of the molecule is N#CC(COc1ccc2ccccc2c1)C(F)(F)F. The third-order valence-electron chi connectivity index (χ3n) is 2.69. The lowest BCUT2D eigenvalue weighted by Gasteiger charge is -2.14. The topological polar surface area (TPSA) is 33.0 Å². The Hall–Kier alpha value is -2.22. The van der Waals surface area contributed by atoms with Crippen molar-refractivity contribution < 1.29 is 17.9 Å². The Morgan fingerprint density at radius 2 is 1.79 bits per heavy atom. The predicted octanol–water partition coefficient (Wildman–Crippen LogP) is 3.92. The fourth-order valence-electron chi connectivity index (χ4n) is 1.64. The molecule has 0 N–H and O–H groups in total. The minimum absolute atomic E-state index is 0.322. The number of hydrogen-bond donors (Lipinski definition) is 0. The Kier molecular flexibility index (Phi) is 3.61. The highest BCUT2D eigenvalue weighted by molar-refractivity contribution is 5.83. The van der Waals surface area contributed by atoms with Crippen LogP contribution in [-0.4, -0.2) is 12.8 Å². The van der Waals surface area contributed by atoms with Crippen LogP contribution in [0.3, 0.4) is 0 Å². The van der Waals surface area contributed by atoms with E-state index in [1.165, 1.54) is 6.07 Å². The van der Waals surface area contributed by atoms with E-state index < -0.39 is 18.7 Å². The average molecular weight is 265 g/mol. The molecule has 0 aliphatic carbocycles. The van der Waals surface area contributed by atoms with Crippen molar-refractivity contribution in [1.82, 2.24) is 0 Å². The summed E-state index contributed by atoms with van der Waals surface area (Å²) in [4.78, 5) is 0. The number of ether oxygens (including phenoxy) is 1. The summed E-state index contributed by atoms with van der Waals surface area (Å²) in [6.07, 6.45) is -4.56. The van der Waals surface area contributed by atoms with E-state index in [0.717, 1.165) is 10.8 Å². The molecule has 0 heterocycles. The van der Waals surface area contributed by atoms with Crippen LogP contribution in [0.15, 0.2) is 42.5 Å². The molecule has 0 bridgehead atoms. The maximum absolute atomic E-state index is 12.4. The molecular weight excluding hydrogens is 255 g/mol. The number of hydrogen-bond acceptors (Lipinski definition) is 2. The van der Waals surface area contributed by atoms with Gasteiger partial charge in [-0.15, -0.1) is 0 Å². The van der Waals surface area contributed by atoms with E-state index in [0.29, 0.717) is 5.75 Å². The van der Waals surface area contributed by atoms with Gasteiger partial charge in [-0.05, 0) is 22.9 Å². The van der Waals surface area contributed by atoms with Crippen LogP contribution < -0.4 is 4.74 Å². The Morgan fingerprint density at radius 3 is 2.42 bits per heavy atom. The maximum Gasteiger partial charge on any atom is 0.407 e. The van der Waals surface area contributed by atoms with Crippen LogP contribution >= 0.6 is 0 Å².